The average molecular weight is 433 g/mol. The highest BCUT2D eigenvalue weighted by Crippen LogP contribution is 2.21. The molecule has 2 saturated heterocycles. The molecule has 1 atom stereocenters. The smallest absolute Gasteiger partial charge is 0.409 e. The van der Waals surface area contributed by atoms with Gasteiger partial charge in [0.2, 0.25) is 5.91 Å². The molecule has 2 aliphatic rings. The lowest BCUT2D eigenvalue weighted by Crippen LogP contribution is -2.49. The number of pyridine rings is 1. The van der Waals surface area contributed by atoms with E-state index in [4.69, 9.17) is 9.47 Å². The highest BCUT2D eigenvalue weighted by molar-refractivity contribution is 5.78. The lowest BCUT2D eigenvalue weighted by atomic mass is 10.0. The molecule has 0 N–H and O–H groups in total. The lowest BCUT2D eigenvalue weighted by Gasteiger charge is -2.37. The van der Waals surface area contributed by atoms with E-state index in [1.54, 1.807) is 17.3 Å². The largest absolute Gasteiger partial charge is 0.450 e. The van der Waals surface area contributed by atoms with Crippen molar-refractivity contribution < 1.29 is 19.1 Å². The van der Waals surface area contributed by atoms with Gasteiger partial charge in [0.25, 0.3) is 0 Å². The third kappa shape index (κ3) is 6.90. The quantitative estimate of drug-likeness (QED) is 0.659. The van der Waals surface area contributed by atoms with Gasteiger partial charge in [0.15, 0.2) is 0 Å². The second-order valence-electron chi connectivity index (χ2n) is 8.83. The summed E-state index contributed by atoms with van der Waals surface area (Å²) in [5, 5.41) is 0. The molecule has 0 radical (unpaired) electrons. The summed E-state index contributed by atoms with van der Waals surface area (Å²) < 4.78 is 11.4. The van der Waals surface area contributed by atoms with E-state index in [1.807, 2.05) is 24.0 Å². The van der Waals surface area contributed by atoms with Crippen LogP contribution in [0.25, 0.3) is 0 Å². The van der Waals surface area contributed by atoms with Gasteiger partial charge in [-0.25, -0.2) is 4.79 Å². The Balaban J connectivity index is 1.64. The van der Waals surface area contributed by atoms with Crippen LogP contribution in [0.5, 0.6) is 0 Å². The van der Waals surface area contributed by atoms with Crippen LogP contribution < -0.4 is 0 Å². The van der Waals surface area contributed by atoms with Gasteiger partial charge in [-0.1, -0.05) is 13.8 Å². The number of hydrogen-bond donors (Lipinski definition) is 0. The molecule has 172 valence electrons. The van der Waals surface area contributed by atoms with Crippen molar-refractivity contribution in [2.75, 3.05) is 45.9 Å². The number of likely N-dealkylation sites (tertiary alicyclic amines) is 1. The zero-order valence-electron chi connectivity index (χ0n) is 19.0. The minimum absolute atomic E-state index is 0.0542. The summed E-state index contributed by atoms with van der Waals surface area (Å²) >= 11 is 0. The van der Waals surface area contributed by atoms with Crippen molar-refractivity contribution >= 4 is 12.0 Å². The van der Waals surface area contributed by atoms with Crippen molar-refractivity contribution in [3.05, 3.63) is 30.1 Å². The van der Waals surface area contributed by atoms with Gasteiger partial charge < -0.3 is 19.3 Å². The summed E-state index contributed by atoms with van der Waals surface area (Å²) in [7, 11) is 0. The molecule has 2 aliphatic heterocycles. The predicted molar refractivity (Wildman–Crippen MR) is 117 cm³/mol. The van der Waals surface area contributed by atoms with Crippen LogP contribution in [-0.4, -0.2) is 89.7 Å². The molecule has 0 aromatic carbocycles. The molecule has 8 heteroatoms. The van der Waals surface area contributed by atoms with Crippen LogP contribution in [0.2, 0.25) is 0 Å². The maximum atomic E-state index is 13.0. The Hall–Kier alpha value is -2.19. The van der Waals surface area contributed by atoms with E-state index in [0.717, 1.165) is 31.5 Å². The van der Waals surface area contributed by atoms with E-state index in [1.165, 1.54) is 0 Å². The van der Waals surface area contributed by atoms with Crippen molar-refractivity contribution in [3.8, 4) is 0 Å². The van der Waals surface area contributed by atoms with Gasteiger partial charge >= 0.3 is 6.09 Å². The van der Waals surface area contributed by atoms with E-state index in [9.17, 15) is 9.59 Å². The van der Waals surface area contributed by atoms with E-state index in [-0.39, 0.29) is 24.1 Å². The van der Waals surface area contributed by atoms with Gasteiger partial charge in [-0.15, -0.1) is 0 Å². The Bertz CT molecular complexity index is 707. The van der Waals surface area contributed by atoms with Gasteiger partial charge in [0.05, 0.1) is 25.9 Å². The van der Waals surface area contributed by atoms with Crippen molar-refractivity contribution in [2.45, 2.75) is 52.4 Å². The Kier molecular flexibility index (Phi) is 8.66. The zero-order valence-corrected chi connectivity index (χ0v) is 19.0. The maximum absolute atomic E-state index is 13.0. The highest BCUT2D eigenvalue weighted by atomic mass is 16.6. The minimum atomic E-state index is -0.241. The molecular weight excluding hydrogens is 396 g/mol. The first-order valence-corrected chi connectivity index (χ1v) is 11.4. The molecule has 8 nitrogen and oxygen atoms in total. The van der Waals surface area contributed by atoms with E-state index < -0.39 is 0 Å². The lowest BCUT2D eigenvalue weighted by molar-refractivity contribution is -0.132. The van der Waals surface area contributed by atoms with Crippen LogP contribution >= 0.6 is 0 Å². The molecule has 2 amide bonds. The number of aromatic nitrogens is 1. The van der Waals surface area contributed by atoms with Crippen LogP contribution in [0.15, 0.2) is 24.5 Å². The molecule has 2 fully saturated rings. The first-order chi connectivity index (χ1) is 15.0. The third-order valence-corrected chi connectivity index (χ3v) is 5.88. The fourth-order valence-electron chi connectivity index (χ4n) is 4.33. The predicted octanol–water partition coefficient (Wildman–Crippen LogP) is 2.39. The molecule has 3 rings (SSSR count). The molecule has 0 saturated carbocycles. The first-order valence-electron chi connectivity index (χ1n) is 11.4. The third-order valence-electron chi connectivity index (χ3n) is 5.88. The molecule has 0 bridgehead atoms. The first kappa shape index (κ1) is 23.5. The van der Waals surface area contributed by atoms with E-state index >= 15 is 0 Å². The maximum Gasteiger partial charge on any atom is 0.409 e. The summed E-state index contributed by atoms with van der Waals surface area (Å²) in [6.45, 7) is 10.8. The number of piperidine rings is 1. The fraction of sp³-hybridized carbons (Fsp3) is 0.696. The van der Waals surface area contributed by atoms with E-state index in [2.05, 4.69) is 23.7 Å². The number of carbonyl (C=O) groups excluding carboxylic acids is 2. The number of amides is 2. The van der Waals surface area contributed by atoms with Crippen LogP contribution in [0.4, 0.5) is 4.79 Å². The SMILES string of the molecule is CCOC(=O)N1CCC(N2CC(=O)N(CC(C)C)CC(OCc3ccncc3)C2)CC1. The van der Waals surface area contributed by atoms with Gasteiger partial charge in [0, 0.05) is 51.2 Å². The summed E-state index contributed by atoms with van der Waals surface area (Å²) in [5.74, 6) is 0.570. The molecule has 1 aromatic rings. The van der Waals surface area contributed by atoms with E-state index in [0.29, 0.717) is 45.3 Å². The van der Waals surface area contributed by atoms with Crippen LogP contribution in [0.3, 0.4) is 0 Å². The summed E-state index contributed by atoms with van der Waals surface area (Å²) in [4.78, 5) is 35.1. The molecule has 3 heterocycles. The normalized spacial score (nSPS) is 21.4. The highest BCUT2D eigenvalue weighted by Gasteiger charge is 2.34. The average Bonchev–Trinajstić information content (AvgIpc) is 2.91. The van der Waals surface area contributed by atoms with Crippen LogP contribution in [0.1, 0.15) is 39.2 Å². The molecule has 1 aromatic heterocycles. The van der Waals surface area contributed by atoms with Gasteiger partial charge in [0.1, 0.15) is 0 Å². The number of rotatable bonds is 7. The van der Waals surface area contributed by atoms with Gasteiger partial charge in [-0.3, -0.25) is 14.7 Å². The summed E-state index contributed by atoms with van der Waals surface area (Å²) in [6, 6.07) is 4.17. The number of carbonyl (C=O) groups is 2. The fourth-order valence-corrected chi connectivity index (χ4v) is 4.33. The Morgan fingerprint density at radius 1 is 1.19 bits per heavy atom. The van der Waals surface area contributed by atoms with Crippen molar-refractivity contribution in [1.82, 2.24) is 19.7 Å². The number of hydrogen-bond acceptors (Lipinski definition) is 6. The second-order valence-corrected chi connectivity index (χ2v) is 8.83. The van der Waals surface area contributed by atoms with Gasteiger partial charge in [-0.2, -0.15) is 0 Å². The Morgan fingerprint density at radius 2 is 1.90 bits per heavy atom. The second kappa shape index (κ2) is 11.4. The Labute approximate surface area is 185 Å². The molecule has 0 spiro atoms. The van der Waals surface area contributed by atoms with Crippen molar-refractivity contribution in [3.63, 3.8) is 0 Å². The minimum Gasteiger partial charge on any atom is -0.450 e. The molecule has 1 unspecified atom stereocenters. The van der Waals surface area contributed by atoms with Crippen molar-refractivity contribution in [2.24, 2.45) is 5.92 Å². The monoisotopic (exact) mass is 432 g/mol. The van der Waals surface area contributed by atoms with Crippen molar-refractivity contribution in [1.29, 1.82) is 0 Å². The zero-order chi connectivity index (χ0) is 22.2. The van der Waals surface area contributed by atoms with Crippen LogP contribution in [-0.2, 0) is 20.9 Å². The Morgan fingerprint density at radius 3 is 2.55 bits per heavy atom. The summed E-state index contributed by atoms with van der Waals surface area (Å²) in [6.07, 6.45) is 4.92. The molecular formula is C23H36N4O4. The standard InChI is InChI=1S/C23H36N4O4/c1-4-30-23(29)25-11-7-20(8-12-25)26-14-21(31-17-19-5-9-24-10-6-19)15-27(13-18(2)3)22(28)16-26/h5-6,9-10,18,20-21H,4,7-8,11-17H2,1-3H3. The molecule has 31 heavy (non-hydrogen) atoms. The topological polar surface area (TPSA) is 75.2 Å². The number of ether oxygens (including phenoxy) is 2. The van der Waals surface area contributed by atoms with Gasteiger partial charge in [-0.05, 0) is 43.4 Å². The summed E-state index contributed by atoms with van der Waals surface area (Å²) in [5.41, 5.74) is 1.08. The molecule has 0 aliphatic carbocycles. The van der Waals surface area contributed by atoms with Crippen LogP contribution in [0, 0.1) is 5.92 Å². The number of nitrogens with zero attached hydrogens (tertiary/aromatic N) is 4.